The monoisotopic (exact) mass is 472 g/mol. The number of carbonyl (C=O) groups excluding carboxylic acids is 1. The van der Waals surface area contributed by atoms with Gasteiger partial charge in [0, 0.05) is 35.2 Å². The predicted molar refractivity (Wildman–Crippen MR) is 125 cm³/mol. The summed E-state index contributed by atoms with van der Waals surface area (Å²) < 4.78 is 39.2. The van der Waals surface area contributed by atoms with Crippen molar-refractivity contribution in [1.29, 1.82) is 0 Å². The first kappa shape index (κ1) is 22.2. The van der Waals surface area contributed by atoms with Crippen molar-refractivity contribution in [1.82, 2.24) is 0 Å². The summed E-state index contributed by atoms with van der Waals surface area (Å²) >= 11 is 1.69. The van der Waals surface area contributed by atoms with E-state index >= 15 is 0 Å². The average Bonchev–Trinajstić information content (AvgIpc) is 3.17. The topological polar surface area (TPSA) is 93.7 Å². The number of sulfonamides is 1. The first-order chi connectivity index (χ1) is 15.5. The molecule has 32 heavy (non-hydrogen) atoms. The van der Waals surface area contributed by atoms with Gasteiger partial charge >= 0.3 is 0 Å². The molecule has 2 aromatic carbocycles. The van der Waals surface area contributed by atoms with Crippen LogP contribution in [0.3, 0.4) is 0 Å². The van der Waals surface area contributed by atoms with Crippen molar-refractivity contribution in [2.24, 2.45) is 0 Å². The zero-order valence-corrected chi connectivity index (χ0v) is 19.0. The smallest absolute Gasteiger partial charge is 0.262 e. The molecule has 0 bridgehead atoms. The van der Waals surface area contributed by atoms with Gasteiger partial charge in [0.05, 0.1) is 18.1 Å². The molecule has 0 fully saturated rings. The molecule has 0 unspecified atom stereocenters. The maximum Gasteiger partial charge on any atom is 0.262 e. The number of amides is 1. The van der Waals surface area contributed by atoms with Gasteiger partial charge in [0.25, 0.3) is 10.0 Å². The number of rotatable bonds is 8. The normalized spacial score (nSPS) is 13.2. The van der Waals surface area contributed by atoms with E-state index in [1.807, 2.05) is 11.4 Å². The third kappa shape index (κ3) is 5.80. The number of fused-ring (bicyclic) bond motifs is 1. The molecular formula is C23H24N2O5S2. The highest BCUT2D eigenvalue weighted by atomic mass is 32.2. The van der Waals surface area contributed by atoms with Crippen molar-refractivity contribution < 1.29 is 22.7 Å². The summed E-state index contributed by atoms with van der Waals surface area (Å²) in [6, 6.07) is 15.2. The van der Waals surface area contributed by atoms with Crippen LogP contribution in [0.15, 0.2) is 64.9 Å². The van der Waals surface area contributed by atoms with E-state index in [1.165, 1.54) is 17.0 Å². The quantitative estimate of drug-likeness (QED) is 0.497. The molecule has 2 N–H and O–H groups in total. The molecular weight excluding hydrogens is 448 g/mol. The van der Waals surface area contributed by atoms with Crippen LogP contribution in [0, 0.1) is 0 Å². The van der Waals surface area contributed by atoms with Crippen LogP contribution in [0.5, 0.6) is 11.5 Å². The van der Waals surface area contributed by atoms with Crippen LogP contribution >= 0.6 is 11.3 Å². The summed E-state index contributed by atoms with van der Waals surface area (Å²) in [7, 11) is -3.80. The van der Waals surface area contributed by atoms with E-state index in [9.17, 15) is 13.2 Å². The van der Waals surface area contributed by atoms with E-state index in [1.54, 1.807) is 41.7 Å². The Hall–Kier alpha value is -3.04. The zero-order chi connectivity index (χ0) is 22.4. The van der Waals surface area contributed by atoms with Crippen molar-refractivity contribution in [2.45, 2.75) is 30.6 Å². The molecule has 2 heterocycles. The first-order valence-electron chi connectivity index (χ1n) is 10.3. The Morgan fingerprint density at radius 1 is 0.969 bits per heavy atom. The van der Waals surface area contributed by atoms with E-state index in [4.69, 9.17) is 9.47 Å². The molecule has 1 aliphatic rings. The predicted octanol–water partition coefficient (Wildman–Crippen LogP) is 4.67. The van der Waals surface area contributed by atoms with Crippen LogP contribution < -0.4 is 19.5 Å². The van der Waals surface area contributed by atoms with Crippen molar-refractivity contribution >= 4 is 38.6 Å². The van der Waals surface area contributed by atoms with Crippen molar-refractivity contribution in [3.63, 3.8) is 0 Å². The largest absolute Gasteiger partial charge is 0.490 e. The summed E-state index contributed by atoms with van der Waals surface area (Å²) in [5.74, 6) is 0.890. The SMILES string of the molecule is O=C(CCCc1cccs1)Nc1ccc(NS(=O)(=O)c2ccc3c(c2)OCCCO3)cc1. The number of nitrogens with one attached hydrogen (secondary N) is 2. The number of hydrogen-bond donors (Lipinski definition) is 2. The van der Waals surface area contributed by atoms with Crippen LogP contribution in [0.1, 0.15) is 24.1 Å². The maximum atomic E-state index is 12.8. The number of carbonyl (C=O) groups is 1. The summed E-state index contributed by atoms with van der Waals surface area (Å²) in [5.41, 5.74) is 1.01. The molecule has 1 aromatic heterocycles. The minimum atomic E-state index is -3.80. The fourth-order valence-corrected chi connectivity index (χ4v) is 5.07. The summed E-state index contributed by atoms with van der Waals surface area (Å²) in [6.45, 7) is 1.01. The Balaban J connectivity index is 1.33. The Morgan fingerprint density at radius 3 is 2.47 bits per heavy atom. The van der Waals surface area contributed by atoms with E-state index in [0.29, 0.717) is 42.5 Å². The summed E-state index contributed by atoms with van der Waals surface area (Å²) in [4.78, 5) is 13.5. The summed E-state index contributed by atoms with van der Waals surface area (Å²) in [5, 5.41) is 4.87. The first-order valence-corrected chi connectivity index (χ1v) is 12.7. The fourth-order valence-electron chi connectivity index (χ4n) is 3.25. The highest BCUT2D eigenvalue weighted by Crippen LogP contribution is 2.32. The van der Waals surface area contributed by atoms with Gasteiger partial charge in [0.2, 0.25) is 5.91 Å². The molecule has 0 spiro atoms. The van der Waals surface area contributed by atoms with Crippen LogP contribution in [0.25, 0.3) is 0 Å². The maximum absolute atomic E-state index is 12.8. The zero-order valence-electron chi connectivity index (χ0n) is 17.4. The molecule has 0 saturated heterocycles. The second kappa shape index (κ2) is 10.1. The fraction of sp³-hybridized carbons (Fsp3) is 0.261. The van der Waals surface area contributed by atoms with Gasteiger partial charge in [-0.1, -0.05) is 6.07 Å². The Morgan fingerprint density at radius 2 is 1.72 bits per heavy atom. The van der Waals surface area contributed by atoms with Gasteiger partial charge in [-0.2, -0.15) is 0 Å². The lowest BCUT2D eigenvalue weighted by Crippen LogP contribution is -2.14. The molecule has 0 saturated carbocycles. The lowest BCUT2D eigenvalue weighted by atomic mass is 10.2. The van der Waals surface area contributed by atoms with E-state index in [0.717, 1.165) is 19.3 Å². The standard InChI is InChI=1S/C23H24N2O5S2/c26-23(6-1-4-19-5-2-15-31-19)24-17-7-9-18(10-8-17)25-32(27,28)20-11-12-21-22(16-20)30-14-3-13-29-21/h2,5,7-12,15-16,25H,1,3-4,6,13-14H2,(H,24,26). The third-order valence-corrected chi connectivity index (χ3v) is 7.17. The molecule has 3 aromatic rings. The Bertz CT molecular complexity index is 1160. The lowest BCUT2D eigenvalue weighted by molar-refractivity contribution is -0.116. The third-order valence-electron chi connectivity index (χ3n) is 4.86. The number of thiophene rings is 1. The number of anilines is 2. The molecule has 7 nitrogen and oxygen atoms in total. The van der Waals surface area contributed by atoms with Gasteiger partial charge in [-0.3, -0.25) is 9.52 Å². The van der Waals surface area contributed by atoms with Crippen LogP contribution in [-0.4, -0.2) is 27.5 Å². The van der Waals surface area contributed by atoms with Gasteiger partial charge in [0.1, 0.15) is 0 Å². The second-order valence-corrected chi connectivity index (χ2v) is 10.0. The molecule has 0 atom stereocenters. The van der Waals surface area contributed by atoms with E-state index in [-0.39, 0.29) is 10.8 Å². The van der Waals surface area contributed by atoms with Gasteiger partial charge in [-0.05, 0) is 60.7 Å². The molecule has 1 aliphatic heterocycles. The number of benzene rings is 2. The van der Waals surface area contributed by atoms with Crippen molar-refractivity contribution in [3.05, 3.63) is 64.9 Å². The van der Waals surface area contributed by atoms with Gasteiger partial charge < -0.3 is 14.8 Å². The molecule has 0 radical (unpaired) electrons. The lowest BCUT2D eigenvalue weighted by Gasteiger charge is -2.12. The van der Waals surface area contributed by atoms with E-state index in [2.05, 4.69) is 16.1 Å². The van der Waals surface area contributed by atoms with E-state index < -0.39 is 10.0 Å². The number of ether oxygens (including phenoxy) is 2. The Labute approximate surface area is 191 Å². The Kier molecular flexibility index (Phi) is 6.96. The highest BCUT2D eigenvalue weighted by molar-refractivity contribution is 7.92. The molecule has 9 heteroatoms. The van der Waals surface area contributed by atoms with Crippen LogP contribution in [0.4, 0.5) is 11.4 Å². The second-order valence-electron chi connectivity index (χ2n) is 7.32. The van der Waals surface area contributed by atoms with Gasteiger partial charge in [-0.25, -0.2) is 8.42 Å². The minimum absolute atomic E-state index is 0.0675. The molecule has 168 valence electrons. The van der Waals surface area contributed by atoms with Gasteiger partial charge in [0.15, 0.2) is 11.5 Å². The van der Waals surface area contributed by atoms with Crippen LogP contribution in [0.2, 0.25) is 0 Å². The summed E-state index contributed by atoms with van der Waals surface area (Å²) in [6.07, 6.45) is 2.83. The minimum Gasteiger partial charge on any atom is -0.490 e. The average molecular weight is 473 g/mol. The molecule has 1 amide bonds. The number of aryl methyl sites for hydroxylation is 1. The molecule has 0 aliphatic carbocycles. The highest BCUT2D eigenvalue weighted by Gasteiger charge is 2.19. The number of hydrogen-bond acceptors (Lipinski definition) is 6. The van der Waals surface area contributed by atoms with Gasteiger partial charge in [-0.15, -0.1) is 11.3 Å². The molecule has 4 rings (SSSR count). The van der Waals surface area contributed by atoms with Crippen molar-refractivity contribution in [3.8, 4) is 11.5 Å². The van der Waals surface area contributed by atoms with Crippen LogP contribution in [-0.2, 0) is 21.2 Å². The van der Waals surface area contributed by atoms with Crippen molar-refractivity contribution in [2.75, 3.05) is 23.3 Å².